The fourth-order valence-electron chi connectivity index (χ4n) is 1.50. The molecule has 19 heavy (non-hydrogen) atoms. The lowest BCUT2D eigenvalue weighted by Gasteiger charge is -2.22. The minimum absolute atomic E-state index is 0.0233. The minimum Gasteiger partial charge on any atom is -0.481 e. The number of carboxylic acid groups (broad SMARTS) is 1. The van der Waals surface area contributed by atoms with Gasteiger partial charge in [-0.15, -0.1) is 0 Å². The summed E-state index contributed by atoms with van der Waals surface area (Å²) in [7, 11) is 0. The van der Waals surface area contributed by atoms with E-state index in [1.165, 1.54) is 24.3 Å². The van der Waals surface area contributed by atoms with Crippen LogP contribution in [0.15, 0.2) is 24.3 Å². The molecule has 0 fully saturated rings. The van der Waals surface area contributed by atoms with Crippen molar-refractivity contribution in [3.05, 3.63) is 35.6 Å². The average molecular weight is 268 g/mol. The summed E-state index contributed by atoms with van der Waals surface area (Å²) in [6.45, 7) is 5.01. The molecular formula is C14H17FO4. The van der Waals surface area contributed by atoms with Gasteiger partial charge in [-0.05, 0) is 44.9 Å². The highest BCUT2D eigenvalue weighted by atomic mass is 19.1. The molecule has 1 rings (SSSR count). The number of carbonyl (C=O) groups is 2. The van der Waals surface area contributed by atoms with Gasteiger partial charge in [-0.2, -0.15) is 0 Å². The van der Waals surface area contributed by atoms with E-state index in [0.717, 1.165) is 0 Å². The van der Waals surface area contributed by atoms with E-state index in [2.05, 4.69) is 0 Å². The third-order valence-electron chi connectivity index (χ3n) is 2.34. The lowest BCUT2D eigenvalue weighted by Crippen LogP contribution is -2.33. The lowest BCUT2D eigenvalue weighted by atomic mass is 9.99. The smallest absolute Gasteiger partial charge is 0.321 e. The van der Waals surface area contributed by atoms with E-state index in [1.807, 2.05) is 0 Å². The van der Waals surface area contributed by atoms with Gasteiger partial charge in [-0.1, -0.05) is 12.1 Å². The molecule has 0 radical (unpaired) electrons. The predicted molar refractivity (Wildman–Crippen MR) is 67.1 cm³/mol. The molecule has 1 aromatic carbocycles. The van der Waals surface area contributed by atoms with Crippen LogP contribution in [0.5, 0.6) is 0 Å². The van der Waals surface area contributed by atoms with Crippen LogP contribution in [0.1, 0.15) is 26.3 Å². The number of esters is 1. The number of aliphatic carboxylic acids is 1. The molecule has 0 spiro atoms. The van der Waals surface area contributed by atoms with Crippen LogP contribution in [0.4, 0.5) is 4.39 Å². The van der Waals surface area contributed by atoms with Crippen LogP contribution in [-0.4, -0.2) is 22.6 Å². The van der Waals surface area contributed by atoms with E-state index < -0.39 is 29.3 Å². The van der Waals surface area contributed by atoms with Crippen molar-refractivity contribution < 1.29 is 23.8 Å². The first-order valence-electron chi connectivity index (χ1n) is 5.89. The van der Waals surface area contributed by atoms with Gasteiger partial charge in [-0.25, -0.2) is 4.39 Å². The van der Waals surface area contributed by atoms with Gasteiger partial charge in [0.15, 0.2) is 5.92 Å². The fourth-order valence-corrected chi connectivity index (χ4v) is 1.50. The third-order valence-corrected chi connectivity index (χ3v) is 2.34. The molecule has 0 aromatic heterocycles. The Hall–Kier alpha value is -1.91. The minimum atomic E-state index is -1.29. The maximum atomic E-state index is 12.8. The Kier molecular flexibility index (Phi) is 4.64. The van der Waals surface area contributed by atoms with Gasteiger partial charge < -0.3 is 9.84 Å². The molecule has 0 bridgehead atoms. The van der Waals surface area contributed by atoms with Crippen molar-refractivity contribution in [3.63, 3.8) is 0 Å². The Morgan fingerprint density at radius 1 is 1.26 bits per heavy atom. The summed E-state index contributed by atoms with van der Waals surface area (Å²) in [6, 6.07) is 5.36. The SMILES string of the molecule is CC(C)(C)OC(=O)[C@@H](Cc1ccc(F)cc1)C(=O)O. The molecule has 1 N–H and O–H groups in total. The molecule has 1 aromatic rings. The predicted octanol–water partition coefficient (Wildman–Crippen LogP) is 2.41. The zero-order chi connectivity index (χ0) is 14.6. The van der Waals surface area contributed by atoms with Gasteiger partial charge in [0.25, 0.3) is 0 Å². The Morgan fingerprint density at radius 3 is 2.21 bits per heavy atom. The summed E-state index contributed by atoms with van der Waals surface area (Å²) in [6.07, 6.45) is -0.0233. The molecule has 0 aliphatic rings. The highest BCUT2D eigenvalue weighted by Gasteiger charge is 2.31. The standard InChI is InChI=1S/C14H17FO4/c1-14(2,3)19-13(18)11(12(16)17)8-9-4-6-10(15)7-5-9/h4-7,11H,8H2,1-3H3,(H,16,17)/t11-/m0/s1. The highest BCUT2D eigenvalue weighted by molar-refractivity contribution is 5.94. The van der Waals surface area contributed by atoms with E-state index in [-0.39, 0.29) is 6.42 Å². The van der Waals surface area contributed by atoms with E-state index >= 15 is 0 Å². The molecule has 4 nitrogen and oxygen atoms in total. The molecule has 0 aliphatic heterocycles. The molecular weight excluding hydrogens is 251 g/mol. The van der Waals surface area contributed by atoms with Gasteiger partial charge in [0.1, 0.15) is 11.4 Å². The number of halogens is 1. The molecule has 5 heteroatoms. The Balaban J connectivity index is 2.81. The van der Waals surface area contributed by atoms with Crippen LogP contribution < -0.4 is 0 Å². The van der Waals surface area contributed by atoms with Crippen LogP contribution in [0.3, 0.4) is 0 Å². The zero-order valence-electron chi connectivity index (χ0n) is 11.1. The van der Waals surface area contributed by atoms with Crippen LogP contribution >= 0.6 is 0 Å². The normalized spacial score (nSPS) is 12.8. The number of carboxylic acids is 1. The molecule has 104 valence electrons. The van der Waals surface area contributed by atoms with Gasteiger partial charge >= 0.3 is 11.9 Å². The molecule has 0 saturated carbocycles. The lowest BCUT2D eigenvalue weighted by molar-refractivity contribution is -0.166. The number of carbonyl (C=O) groups excluding carboxylic acids is 1. The summed E-state index contributed by atoms with van der Waals surface area (Å²) < 4.78 is 17.8. The summed E-state index contributed by atoms with van der Waals surface area (Å²) in [4.78, 5) is 22.9. The monoisotopic (exact) mass is 268 g/mol. The Bertz CT molecular complexity index is 459. The quantitative estimate of drug-likeness (QED) is 0.672. The molecule has 0 amide bonds. The Labute approximate surface area is 111 Å². The van der Waals surface area contributed by atoms with Crippen molar-refractivity contribution in [2.24, 2.45) is 5.92 Å². The van der Waals surface area contributed by atoms with E-state index in [0.29, 0.717) is 5.56 Å². The Morgan fingerprint density at radius 2 is 1.79 bits per heavy atom. The van der Waals surface area contributed by atoms with Crippen molar-refractivity contribution in [1.82, 2.24) is 0 Å². The summed E-state index contributed by atoms with van der Waals surface area (Å²) in [5.74, 6) is -3.74. The maximum Gasteiger partial charge on any atom is 0.321 e. The molecule has 0 saturated heterocycles. The second-order valence-corrected chi connectivity index (χ2v) is 5.25. The molecule has 0 aliphatic carbocycles. The fraction of sp³-hybridized carbons (Fsp3) is 0.429. The number of hydrogen-bond donors (Lipinski definition) is 1. The second kappa shape index (κ2) is 5.82. The largest absolute Gasteiger partial charge is 0.481 e. The van der Waals surface area contributed by atoms with Crippen LogP contribution in [0.2, 0.25) is 0 Å². The number of hydrogen-bond acceptors (Lipinski definition) is 3. The number of benzene rings is 1. The van der Waals surface area contributed by atoms with E-state index in [9.17, 15) is 14.0 Å². The summed E-state index contributed by atoms with van der Waals surface area (Å²) >= 11 is 0. The van der Waals surface area contributed by atoms with Gasteiger partial charge in [0.2, 0.25) is 0 Å². The maximum absolute atomic E-state index is 12.8. The number of ether oxygens (including phenoxy) is 1. The van der Waals surface area contributed by atoms with Crippen molar-refractivity contribution in [2.45, 2.75) is 32.8 Å². The second-order valence-electron chi connectivity index (χ2n) is 5.25. The molecule has 0 heterocycles. The van der Waals surface area contributed by atoms with Crippen molar-refractivity contribution in [1.29, 1.82) is 0 Å². The van der Waals surface area contributed by atoms with Gasteiger partial charge in [0.05, 0.1) is 0 Å². The van der Waals surface area contributed by atoms with E-state index in [1.54, 1.807) is 20.8 Å². The van der Waals surface area contributed by atoms with Crippen molar-refractivity contribution >= 4 is 11.9 Å². The highest BCUT2D eigenvalue weighted by Crippen LogP contribution is 2.16. The van der Waals surface area contributed by atoms with E-state index in [4.69, 9.17) is 9.84 Å². The first-order chi connectivity index (χ1) is 8.69. The van der Waals surface area contributed by atoms with Crippen LogP contribution in [-0.2, 0) is 20.7 Å². The van der Waals surface area contributed by atoms with Gasteiger partial charge in [-0.3, -0.25) is 9.59 Å². The molecule has 0 unspecified atom stereocenters. The third kappa shape index (κ3) is 5.07. The molecule has 1 atom stereocenters. The van der Waals surface area contributed by atoms with Crippen LogP contribution in [0, 0.1) is 11.7 Å². The summed E-state index contributed by atoms with van der Waals surface area (Å²) in [5.41, 5.74) is -0.173. The van der Waals surface area contributed by atoms with Crippen molar-refractivity contribution in [2.75, 3.05) is 0 Å². The topological polar surface area (TPSA) is 63.6 Å². The van der Waals surface area contributed by atoms with Gasteiger partial charge in [0, 0.05) is 0 Å². The first-order valence-corrected chi connectivity index (χ1v) is 5.89. The van der Waals surface area contributed by atoms with Crippen molar-refractivity contribution in [3.8, 4) is 0 Å². The van der Waals surface area contributed by atoms with Crippen LogP contribution in [0.25, 0.3) is 0 Å². The average Bonchev–Trinajstić information content (AvgIpc) is 2.25. The number of rotatable bonds is 4. The summed E-state index contributed by atoms with van der Waals surface area (Å²) in [5, 5.41) is 9.08. The zero-order valence-corrected chi connectivity index (χ0v) is 11.1. The first kappa shape index (κ1) is 15.1.